The van der Waals surface area contributed by atoms with Gasteiger partial charge in [0.05, 0.1) is 5.41 Å². The lowest BCUT2D eigenvalue weighted by molar-refractivity contribution is 0.596. The molecule has 0 amide bonds. The molecule has 3 atom stereocenters. The minimum atomic E-state index is -0.553. The molecule has 3 unspecified atom stereocenters. The van der Waals surface area contributed by atoms with Crippen LogP contribution in [-0.2, 0) is 10.8 Å². The summed E-state index contributed by atoms with van der Waals surface area (Å²) in [6.07, 6.45) is 7.04. The van der Waals surface area contributed by atoms with Crippen LogP contribution >= 0.6 is 11.3 Å². The van der Waals surface area contributed by atoms with E-state index >= 15 is 0 Å². The number of benzene rings is 8. The lowest BCUT2D eigenvalue weighted by Crippen LogP contribution is -2.28. The van der Waals surface area contributed by atoms with Crippen molar-refractivity contribution in [1.29, 1.82) is 0 Å². The van der Waals surface area contributed by atoms with Gasteiger partial charge in [-0.2, -0.15) is 0 Å². The fourth-order valence-corrected chi connectivity index (χ4v) is 13.6. The summed E-state index contributed by atoms with van der Waals surface area (Å²) >= 11 is 1.95. The number of hydrogen-bond acceptors (Lipinski definition) is 2. The molecule has 2 heteroatoms. The summed E-state index contributed by atoms with van der Waals surface area (Å²) in [6, 6.07) is 75.5. The zero-order valence-corrected chi connectivity index (χ0v) is 37.6. The van der Waals surface area contributed by atoms with E-state index in [2.05, 4.69) is 244 Å². The highest BCUT2D eigenvalue weighted by Gasteiger charge is 2.55. The molecular formula is C63H47NS. The second-order valence-electron chi connectivity index (χ2n) is 18.8. The molecule has 65 heavy (non-hydrogen) atoms. The van der Waals surface area contributed by atoms with Gasteiger partial charge < -0.3 is 4.90 Å². The number of hydrogen-bond donors (Lipinski definition) is 0. The highest BCUT2D eigenvalue weighted by molar-refractivity contribution is 7.19. The first-order chi connectivity index (χ1) is 31.9. The molecule has 1 spiro atoms. The fourth-order valence-electron chi connectivity index (χ4n) is 12.2. The van der Waals surface area contributed by atoms with Gasteiger partial charge in [0.15, 0.2) is 0 Å². The van der Waals surface area contributed by atoms with E-state index in [-0.39, 0.29) is 11.3 Å². The largest absolute Gasteiger partial charge is 0.314 e. The van der Waals surface area contributed by atoms with Crippen molar-refractivity contribution in [3.8, 4) is 54.3 Å². The van der Waals surface area contributed by atoms with E-state index in [9.17, 15) is 0 Å². The lowest BCUT2D eigenvalue weighted by atomic mass is 9.70. The maximum absolute atomic E-state index is 2.61. The number of thiophene rings is 1. The summed E-state index contributed by atoms with van der Waals surface area (Å²) in [4.78, 5) is 5.27. The van der Waals surface area contributed by atoms with Gasteiger partial charge in [-0.05, 0) is 114 Å². The average Bonchev–Trinajstić information content (AvgIpc) is 4.05. The molecule has 0 fully saturated rings. The predicted molar refractivity (Wildman–Crippen MR) is 273 cm³/mol. The molecule has 4 aliphatic rings. The first-order valence-corrected chi connectivity index (χ1v) is 23.9. The summed E-state index contributed by atoms with van der Waals surface area (Å²) in [5.41, 5.74) is 23.0. The van der Waals surface area contributed by atoms with Gasteiger partial charge >= 0.3 is 0 Å². The highest BCUT2D eigenvalue weighted by Crippen LogP contribution is 2.68. The number of nitrogens with zero attached hydrogens (tertiary/aromatic N) is 1. The summed E-state index contributed by atoms with van der Waals surface area (Å²) in [5.74, 6) is 0.438. The van der Waals surface area contributed by atoms with Crippen molar-refractivity contribution in [3.63, 3.8) is 0 Å². The molecule has 0 N–H and O–H groups in total. The first-order valence-electron chi connectivity index (χ1n) is 23.0. The van der Waals surface area contributed by atoms with Crippen LogP contribution in [0.15, 0.2) is 224 Å². The molecule has 4 aliphatic carbocycles. The van der Waals surface area contributed by atoms with Gasteiger partial charge in [0.1, 0.15) is 0 Å². The quantitative estimate of drug-likeness (QED) is 0.161. The molecule has 0 saturated heterocycles. The molecule has 1 heterocycles. The third-order valence-electron chi connectivity index (χ3n) is 15.0. The number of rotatable bonds is 6. The highest BCUT2D eigenvalue weighted by atomic mass is 32.1. The maximum Gasteiger partial charge on any atom is 0.0740 e. The van der Waals surface area contributed by atoms with Crippen LogP contribution in [0.2, 0.25) is 0 Å². The Labute approximate surface area is 386 Å². The van der Waals surface area contributed by atoms with Gasteiger partial charge in [0, 0.05) is 43.7 Å². The number of fused-ring (bicyclic) bond motifs is 13. The Balaban J connectivity index is 1.11. The van der Waals surface area contributed by atoms with E-state index in [0.717, 1.165) is 0 Å². The zero-order chi connectivity index (χ0) is 43.4. The van der Waals surface area contributed by atoms with Crippen molar-refractivity contribution in [2.24, 2.45) is 5.92 Å². The Bertz CT molecular complexity index is 3420. The van der Waals surface area contributed by atoms with Gasteiger partial charge in [-0.3, -0.25) is 0 Å². The molecule has 1 aromatic heterocycles. The van der Waals surface area contributed by atoms with Crippen molar-refractivity contribution in [1.82, 2.24) is 0 Å². The smallest absolute Gasteiger partial charge is 0.0740 e. The van der Waals surface area contributed by atoms with Crippen molar-refractivity contribution in [2.75, 3.05) is 4.90 Å². The van der Waals surface area contributed by atoms with E-state index in [4.69, 9.17) is 0 Å². The third-order valence-corrected chi connectivity index (χ3v) is 16.3. The van der Waals surface area contributed by atoms with Gasteiger partial charge in [0.2, 0.25) is 0 Å². The molecular weight excluding hydrogens is 803 g/mol. The molecule has 9 aromatic rings. The van der Waals surface area contributed by atoms with Gasteiger partial charge in [0.25, 0.3) is 0 Å². The Hall–Kier alpha value is -7.26. The van der Waals surface area contributed by atoms with Gasteiger partial charge in [-0.1, -0.05) is 209 Å². The minimum Gasteiger partial charge on any atom is -0.314 e. The standard InChI is InChI=1S/C63H47NS/c1-40-20-19-33-56(57(40)41-21-7-4-8-22-41)64(44-34-36-48-46-27-13-16-30-51(46)62(2,3)54(48)38-44)45-35-37-49-47-28-14-17-31-52(47)63(55(49)39-45)53-32-18-15-29-50(53)58-59(63)61(43-25-11-6-12-26-43)65-60(58)42-23-9-5-10-24-42/h4-40,57H,1-3H3. The van der Waals surface area contributed by atoms with Crippen molar-refractivity contribution >= 4 is 22.7 Å². The van der Waals surface area contributed by atoms with Crippen LogP contribution in [0.3, 0.4) is 0 Å². The summed E-state index contributed by atoms with van der Waals surface area (Å²) in [5, 5.41) is 0. The topological polar surface area (TPSA) is 3.24 Å². The molecule has 0 radical (unpaired) electrons. The second-order valence-corrected chi connectivity index (χ2v) is 19.8. The van der Waals surface area contributed by atoms with Gasteiger partial charge in [-0.15, -0.1) is 11.3 Å². The second kappa shape index (κ2) is 14.4. The minimum absolute atomic E-state index is 0.141. The Kier molecular flexibility index (Phi) is 8.45. The summed E-state index contributed by atoms with van der Waals surface area (Å²) < 4.78 is 0. The Morgan fingerprint density at radius 1 is 0.462 bits per heavy atom. The maximum atomic E-state index is 2.61. The van der Waals surface area contributed by atoms with Crippen LogP contribution in [0.4, 0.5) is 11.4 Å². The molecule has 0 aliphatic heterocycles. The van der Waals surface area contributed by atoms with Crippen LogP contribution in [0.25, 0.3) is 54.3 Å². The zero-order valence-electron chi connectivity index (χ0n) is 36.8. The SMILES string of the molecule is CC1C=CC=C(N(c2ccc3c(c2)C(C)(C)c2ccccc2-3)c2ccc3c(c2)C2(c4ccccc4-3)c3ccccc3-c3c(-c4ccccc4)sc(-c4ccccc4)c32)C1c1ccccc1. The lowest BCUT2D eigenvalue weighted by Gasteiger charge is -2.38. The van der Waals surface area contributed by atoms with E-state index in [1.54, 1.807) is 0 Å². The molecule has 13 rings (SSSR count). The van der Waals surface area contributed by atoms with Crippen molar-refractivity contribution < 1.29 is 0 Å². The monoisotopic (exact) mass is 849 g/mol. The average molecular weight is 850 g/mol. The van der Waals surface area contributed by atoms with Crippen LogP contribution < -0.4 is 4.90 Å². The van der Waals surface area contributed by atoms with Crippen LogP contribution in [0.5, 0.6) is 0 Å². The third kappa shape index (κ3) is 5.38. The molecule has 1 nitrogen and oxygen atoms in total. The van der Waals surface area contributed by atoms with Crippen molar-refractivity contribution in [3.05, 3.63) is 263 Å². The number of anilines is 2. The first kappa shape index (κ1) is 38.2. The van der Waals surface area contributed by atoms with E-state index in [1.165, 1.54) is 110 Å². The molecule has 0 saturated carbocycles. The fraction of sp³-hybridized carbons (Fsp3) is 0.111. The normalized spacial score (nSPS) is 18.9. The molecule has 0 bridgehead atoms. The molecule has 8 aromatic carbocycles. The Morgan fingerprint density at radius 2 is 0.954 bits per heavy atom. The van der Waals surface area contributed by atoms with Crippen LogP contribution in [-0.4, -0.2) is 0 Å². The predicted octanol–water partition coefficient (Wildman–Crippen LogP) is 16.7. The summed E-state index contributed by atoms with van der Waals surface area (Å²) in [6.45, 7) is 7.16. The van der Waals surface area contributed by atoms with Crippen molar-refractivity contribution in [2.45, 2.75) is 37.5 Å². The Morgan fingerprint density at radius 3 is 1.62 bits per heavy atom. The van der Waals surface area contributed by atoms with E-state index in [0.29, 0.717) is 5.92 Å². The number of allylic oxidation sites excluding steroid dienone is 4. The van der Waals surface area contributed by atoms with Crippen LogP contribution in [0, 0.1) is 5.92 Å². The summed E-state index contributed by atoms with van der Waals surface area (Å²) in [7, 11) is 0. The van der Waals surface area contributed by atoms with Crippen LogP contribution in [0.1, 0.15) is 65.6 Å². The van der Waals surface area contributed by atoms with E-state index < -0.39 is 5.41 Å². The molecule has 310 valence electrons. The van der Waals surface area contributed by atoms with E-state index in [1.807, 2.05) is 11.3 Å². The van der Waals surface area contributed by atoms with Gasteiger partial charge in [-0.25, -0.2) is 0 Å².